The van der Waals surface area contributed by atoms with Crippen molar-refractivity contribution in [2.75, 3.05) is 6.61 Å². The molecule has 0 aromatic carbocycles. The first-order chi connectivity index (χ1) is 7.06. The molecule has 0 bridgehead atoms. The number of aliphatic hydroxyl groups excluding tert-OH is 1. The van der Waals surface area contributed by atoms with Crippen LogP contribution in [0.4, 0.5) is 0 Å². The van der Waals surface area contributed by atoms with Crippen molar-refractivity contribution in [3.63, 3.8) is 0 Å². The van der Waals surface area contributed by atoms with Crippen molar-refractivity contribution >= 4 is 21.8 Å². The van der Waals surface area contributed by atoms with Gasteiger partial charge < -0.3 is 14.8 Å². The first-order valence-electron chi connectivity index (χ1n) is 4.71. The lowest BCUT2D eigenvalue weighted by Gasteiger charge is -2.19. The molecule has 1 amide bonds. The molecule has 84 valence electrons. The average molecular weight is 276 g/mol. The fraction of sp³-hybridized carbons (Fsp3) is 0.500. The van der Waals surface area contributed by atoms with Crippen LogP contribution in [0, 0.1) is 5.92 Å². The summed E-state index contributed by atoms with van der Waals surface area (Å²) in [5.41, 5.74) is 0.439. The number of nitrogens with one attached hydrogen (secondary N) is 1. The van der Waals surface area contributed by atoms with Crippen molar-refractivity contribution < 1.29 is 14.3 Å². The molecule has 0 saturated heterocycles. The summed E-state index contributed by atoms with van der Waals surface area (Å²) in [5.74, 6) is -0.0620. The smallest absolute Gasteiger partial charge is 0.256 e. The zero-order valence-corrected chi connectivity index (χ0v) is 10.2. The molecule has 5 heteroatoms. The van der Waals surface area contributed by atoms with E-state index in [9.17, 15) is 4.79 Å². The van der Waals surface area contributed by atoms with Gasteiger partial charge in [0.1, 0.15) is 0 Å². The Hall–Kier alpha value is -0.810. The van der Waals surface area contributed by atoms with Gasteiger partial charge in [0.05, 0.1) is 24.5 Å². The van der Waals surface area contributed by atoms with Gasteiger partial charge in [0.2, 0.25) is 0 Å². The predicted molar refractivity (Wildman–Crippen MR) is 59.6 cm³/mol. The normalized spacial score (nSPS) is 12.9. The van der Waals surface area contributed by atoms with Gasteiger partial charge in [-0.2, -0.15) is 0 Å². The standard InChI is InChI=1S/C10H14BrNO3/c1-6(2)8(5-13)12-10(14)7-3-4-15-9(7)11/h3-4,6,8,13H,5H2,1-2H3,(H,12,14). The van der Waals surface area contributed by atoms with E-state index >= 15 is 0 Å². The van der Waals surface area contributed by atoms with Gasteiger partial charge >= 0.3 is 0 Å². The molecule has 0 aliphatic carbocycles. The Balaban J connectivity index is 2.67. The van der Waals surface area contributed by atoms with Crippen LogP contribution in [0.25, 0.3) is 0 Å². The maximum Gasteiger partial charge on any atom is 0.256 e. The van der Waals surface area contributed by atoms with Crippen LogP contribution in [0.1, 0.15) is 24.2 Å². The van der Waals surface area contributed by atoms with Gasteiger partial charge in [-0.3, -0.25) is 4.79 Å². The Morgan fingerprint density at radius 1 is 1.67 bits per heavy atom. The molecule has 1 atom stereocenters. The Kier molecular flexibility index (Phi) is 4.35. The molecule has 0 spiro atoms. The van der Waals surface area contributed by atoms with Crippen LogP contribution in [-0.4, -0.2) is 23.7 Å². The minimum absolute atomic E-state index is 0.0706. The Labute approximate surface area is 96.8 Å². The summed E-state index contributed by atoms with van der Waals surface area (Å²) in [6.45, 7) is 3.80. The van der Waals surface area contributed by atoms with E-state index in [0.717, 1.165) is 0 Å². The van der Waals surface area contributed by atoms with Crippen molar-refractivity contribution in [3.05, 3.63) is 22.6 Å². The molecule has 15 heavy (non-hydrogen) atoms. The molecule has 0 aliphatic rings. The molecule has 1 rings (SSSR count). The van der Waals surface area contributed by atoms with Gasteiger partial charge in [-0.1, -0.05) is 13.8 Å². The zero-order valence-electron chi connectivity index (χ0n) is 8.66. The van der Waals surface area contributed by atoms with Gasteiger partial charge in [-0.05, 0) is 27.9 Å². The number of carbonyl (C=O) groups excluding carboxylic acids is 1. The molecule has 0 saturated carbocycles. The minimum atomic E-state index is -0.247. The van der Waals surface area contributed by atoms with E-state index in [1.165, 1.54) is 6.26 Å². The molecule has 1 unspecified atom stereocenters. The van der Waals surface area contributed by atoms with Gasteiger partial charge in [0.15, 0.2) is 4.67 Å². The molecule has 1 aromatic heterocycles. The molecular weight excluding hydrogens is 262 g/mol. The lowest BCUT2D eigenvalue weighted by atomic mass is 10.1. The van der Waals surface area contributed by atoms with Crippen LogP contribution in [0.3, 0.4) is 0 Å². The molecule has 0 aliphatic heterocycles. The highest BCUT2D eigenvalue weighted by atomic mass is 79.9. The van der Waals surface area contributed by atoms with Crippen LogP contribution in [0.5, 0.6) is 0 Å². The molecule has 1 aromatic rings. The molecule has 0 radical (unpaired) electrons. The largest absolute Gasteiger partial charge is 0.457 e. The van der Waals surface area contributed by atoms with Crippen molar-refractivity contribution in [2.24, 2.45) is 5.92 Å². The third-order valence-electron chi connectivity index (χ3n) is 2.18. The second-order valence-electron chi connectivity index (χ2n) is 3.61. The first kappa shape index (κ1) is 12.3. The SMILES string of the molecule is CC(C)C(CO)NC(=O)c1ccoc1Br. The van der Waals surface area contributed by atoms with Crippen molar-refractivity contribution in [2.45, 2.75) is 19.9 Å². The van der Waals surface area contributed by atoms with E-state index in [0.29, 0.717) is 10.2 Å². The lowest BCUT2D eigenvalue weighted by Crippen LogP contribution is -2.41. The molecule has 0 fully saturated rings. The number of halogens is 1. The summed E-state index contributed by atoms with van der Waals surface area (Å²) in [5, 5.41) is 11.8. The number of furan rings is 1. The monoisotopic (exact) mass is 275 g/mol. The third-order valence-corrected chi connectivity index (χ3v) is 2.79. The predicted octanol–water partition coefficient (Wildman–Crippen LogP) is 1.79. The average Bonchev–Trinajstić information content (AvgIpc) is 2.60. The van der Waals surface area contributed by atoms with E-state index in [-0.39, 0.29) is 24.5 Å². The summed E-state index contributed by atoms with van der Waals surface area (Å²) in [4.78, 5) is 11.7. The van der Waals surface area contributed by atoms with Crippen molar-refractivity contribution in [1.82, 2.24) is 5.32 Å². The first-order valence-corrected chi connectivity index (χ1v) is 5.50. The Morgan fingerprint density at radius 2 is 2.33 bits per heavy atom. The number of rotatable bonds is 4. The second-order valence-corrected chi connectivity index (χ2v) is 4.33. The van der Waals surface area contributed by atoms with Crippen LogP contribution in [0.15, 0.2) is 21.4 Å². The van der Waals surface area contributed by atoms with Crippen molar-refractivity contribution in [3.8, 4) is 0 Å². The van der Waals surface area contributed by atoms with Gasteiger partial charge in [0.25, 0.3) is 5.91 Å². The second kappa shape index (κ2) is 5.32. The van der Waals surface area contributed by atoms with E-state index in [2.05, 4.69) is 21.2 Å². The third kappa shape index (κ3) is 3.07. The number of carbonyl (C=O) groups is 1. The van der Waals surface area contributed by atoms with Gasteiger partial charge in [-0.15, -0.1) is 0 Å². The maximum absolute atomic E-state index is 11.7. The van der Waals surface area contributed by atoms with Crippen LogP contribution in [0.2, 0.25) is 0 Å². The van der Waals surface area contributed by atoms with Crippen LogP contribution >= 0.6 is 15.9 Å². The van der Waals surface area contributed by atoms with E-state index in [4.69, 9.17) is 9.52 Å². The Morgan fingerprint density at radius 3 is 2.73 bits per heavy atom. The lowest BCUT2D eigenvalue weighted by molar-refractivity contribution is 0.0895. The van der Waals surface area contributed by atoms with E-state index < -0.39 is 0 Å². The quantitative estimate of drug-likeness (QED) is 0.881. The zero-order chi connectivity index (χ0) is 11.4. The topological polar surface area (TPSA) is 62.5 Å². The summed E-state index contributed by atoms with van der Waals surface area (Å²) < 4.78 is 5.36. The summed E-state index contributed by atoms with van der Waals surface area (Å²) in [6.07, 6.45) is 1.43. The molecular formula is C10H14BrNO3. The summed E-state index contributed by atoms with van der Waals surface area (Å²) >= 11 is 3.13. The van der Waals surface area contributed by atoms with Crippen LogP contribution < -0.4 is 5.32 Å². The highest BCUT2D eigenvalue weighted by molar-refractivity contribution is 9.10. The van der Waals surface area contributed by atoms with Crippen LogP contribution in [-0.2, 0) is 0 Å². The molecule has 1 heterocycles. The molecule has 4 nitrogen and oxygen atoms in total. The van der Waals surface area contributed by atoms with E-state index in [1.807, 2.05) is 13.8 Å². The van der Waals surface area contributed by atoms with Crippen molar-refractivity contribution in [1.29, 1.82) is 0 Å². The van der Waals surface area contributed by atoms with Gasteiger partial charge in [0, 0.05) is 0 Å². The summed E-state index contributed by atoms with van der Waals surface area (Å²) in [6, 6.07) is 1.34. The number of hydrogen-bond acceptors (Lipinski definition) is 3. The summed E-state index contributed by atoms with van der Waals surface area (Å²) in [7, 11) is 0. The fourth-order valence-corrected chi connectivity index (χ4v) is 1.55. The highest BCUT2D eigenvalue weighted by Crippen LogP contribution is 2.17. The number of amides is 1. The van der Waals surface area contributed by atoms with E-state index in [1.54, 1.807) is 6.07 Å². The maximum atomic E-state index is 11.7. The fourth-order valence-electron chi connectivity index (χ4n) is 1.13. The highest BCUT2D eigenvalue weighted by Gasteiger charge is 2.18. The molecule has 2 N–H and O–H groups in total. The number of hydrogen-bond donors (Lipinski definition) is 2. The minimum Gasteiger partial charge on any atom is -0.457 e. The Bertz CT molecular complexity index is 335. The number of aliphatic hydroxyl groups is 1. The van der Waals surface area contributed by atoms with Gasteiger partial charge in [-0.25, -0.2) is 0 Å².